The van der Waals surface area contributed by atoms with Crippen LogP contribution in [0.25, 0.3) is 0 Å². The zero-order chi connectivity index (χ0) is 15.0. The molecule has 7 heteroatoms. The first-order valence-corrected chi connectivity index (χ1v) is 9.07. The number of rotatable bonds is 5. The van der Waals surface area contributed by atoms with Crippen molar-refractivity contribution in [2.24, 2.45) is 0 Å². The van der Waals surface area contributed by atoms with Crippen molar-refractivity contribution in [1.29, 1.82) is 0 Å². The summed E-state index contributed by atoms with van der Waals surface area (Å²) in [7, 11) is -1.35. The highest BCUT2D eigenvalue weighted by Crippen LogP contribution is 2.32. The van der Waals surface area contributed by atoms with Gasteiger partial charge in [0.05, 0.1) is 10.9 Å². The first-order chi connectivity index (χ1) is 9.96. The van der Waals surface area contributed by atoms with Crippen LogP contribution < -0.4 is 0 Å². The molecule has 1 unspecified atom stereocenters. The predicted octanol–water partition coefficient (Wildman–Crippen LogP) is 1.37. The number of sulfonamides is 1. The van der Waals surface area contributed by atoms with E-state index >= 15 is 0 Å². The van der Waals surface area contributed by atoms with E-state index < -0.39 is 10.0 Å². The first-order valence-electron chi connectivity index (χ1n) is 7.57. The molecule has 118 valence electrons. The van der Waals surface area contributed by atoms with Crippen LogP contribution in [0.2, 0.25) is 0 Å². The van der Waals surface area contributed by atoms with Gasteiger partial charge in [0, 0.05) is 33.1 Å². The maximum Gasteiger partial charge on any atom is 0.217 e. The Bertz CT molecular complexity index is 594. The molecule has 0 aromatic carbocycles. The number of oxazole rings is 1. The molecule has 1 saturated carbocycles. The van der Waals surface area contributed by atoms with E-state index in [1.165, 1.54) is 0 Å². The summed E-state index contributed by atoms with van der Waals surface area (Å²) in [6.45, 7) is 4.32. The molecule has 0 radical (unpaired) electrons. The molecule has 1 saturated heterocycles. The van der Waals surface area contributed by atoms with Crippen LogP contribution in [0.1, 0.15) is 37.3 Å². The van der Waals surface area contributed by atoms with Crippen LogP contribution in [-0.2, 0) is 16.6 Å². The van der Waals surface area contributed by atoms with Crippen molar-refractivity contribution in [3.8, 4) is 0 Å². The van der Waals surface area contributed by atoms with Gasteiger partial charge >= 0.3 is 0 Å². The van der Waals surface area contributed by atoms with E-state index in [9.17, 15) is 8.42 Å². The van der Waals surface area contributed by atoms with Crippen LogP contribution >= 0.6 is 0 Å². The average molecular weight is 313 g/mol. The molecule has 1 aliphatic heterocycles. The predicted molar refractivity (Wildman–Crippen MR) is 79.2 cm³/mol. The summed E-state index contributed by atoms with van der Waals surface area (Å²) in [6, 6.07) is 0.0809. The van der Waals surface area contributed by atoms with Crippen molar-refractivity contribution in [1.82, 2.24) is 14.2 Å². The Hall–Kier alpha value is -0.920. The third kappa shape index (κ3) is 3.30. The Labute approximate surface area is 126 Å². The number of nitrogens with zero attached hydrogens (tertiary/aromatic N) is 3. The standard InChI is InChI=1S/C14H23N3O3S/c1-11-15-12(10-20-11)8-17-7-3-4-13(9-17)16(2)21(18,19)14-5-6-14/h10,13-14H,3-9H2,1-2H3. The summed E-state index contributed by atoms with van der Waals surface area (Å²) in [4.78, 5) is 6.59. The van der Waals surface area contributed by atoms with Crippen LogP contribution in [0, 0.1) is 6.92 Å². The Balaban J connectivity index is 1.62. The van der Waals surface area contributed by atoms with Crippen molar-refractivity contribution in [3.05, 3.63) is 17.8 Å². The Morgan fingerprint density at radius 1 is 1.43 bits per heavy atom. The van der Waals surface area contributed by atoms with Gasteiger partial charge in [-0.2, -0.15) is 0 Å². The smallest absolute Gasteiger partial charge is 0.217 e. The number of aryl methyl sites for hydroxylation is 1. The van der Waals surface area contributed by atoms with Crippen molar-refractivity contribution >= 4 is 10.0 Å². The topological polar surface area (TPSA) is 66.7 Å². The lowest BCUT2D eigenvalue weighted by Gasteiger charge is -2.36. The molecule has 3 rings (SSSR count). The molecule has 2 heterocycles. The molecule has 0 N–H and O–H groups in total. The van der Waals surface area contributed by atoms with Crippen molar-refractivity contribution < 1.29 is 12.8 Å². The SMILES string of the molecule is Cc1nc(CN2CCCC(N(C)S(=O)(=O)C3CC3)C2)co1. The van der Waals surface area contributed by atoms with E-state index in [1.54, 1.807) is 17.6 Å². The maximum atomic E-state index is 12.3. The molecule has 1 aromatic heterocycles. The van der Waals surface area contributed by atoms with Gasteiger partial charge in [0.15, 0.2) is 5.89 Å². The van der Waals surface area contributed by atoms with Gasteiger partial charge in [-0.3, -0.25) is 4.90 Å². The Kier molecular flexibility index (Phi) is 4.07. The lowest BCUT2D eigenvalue weighted by Crippen LogP contribution is -2.49. The monoisotopic (exact) mass is 313 g/mol. The molecule has 1 atom stereocenters. The summed E-state index contributed by atoms with van der Waals surface area (Å²) in [5.74, 6) is 0.673. The Morgan fingerprint density at radius 3 is 2.81 bits per heavy atom. The molecule has 21 heavy (non-hydrogen) atoms. The van der Waals surface area contributed by atoms with Gasteiger partial charge in [-0.15, -0.1) is 0 Å². The summed E-state index contributed by atoms with van der Waals surface area (Å²) in [5.41, 5.74) is 0.917. The second-order valence-electron chi connectivity index (χ2n) is 6.15. The van der Waals surface area contributed by atoms with Crippen LogP contribution in [-0.4, -0.2) is 54.0 Å². The third-order valence-electron chi connectivity index (χ3n) is 4.39. The highest BCUT2D eigenvalue weighted by atomic mass is 32.2. The number of likely N-dealkylation sites (N-methyl/N-ethyl adjacent to an activating group) is 1. The van der Waals surface area contributed by atoms with E-state index in [1.807, 2.05) is 6.92 Å². The quantitative estimate of drug-likeness (QED) is 0.821. The number of hydrogen-bond acceptors (Lipinski definition) is 5. The lowest BCUT2D eigenvalue weighted by molar-refractivity contribution is 0.151. The lowest BCUT2D eigenvalue weighted by atomic mass is 10.1. The number of piperidine rings is 1. The zero-order valence-corrected chi connectivity index (χ0v) is 13.5. The Morgan fingerprint density at radius 2 is 2.19 bits per heavy atom. The average Bonchev–Trinajstić information content (AvgIpc) is 3.24. The normalized spacial score (nSPS) is 24.6. The van der Waals surface area contributed by atoms with Crippen molar-refractivity contribution in [2.45, 2.75) is 50.4 Å². The molecule has 0 bridgehead atoms. The van der Waals surface area contributed by atoms with E-state index in [4.69, 9.17) is 4.42 Å². The van der Waals surface area contributed by atoms with Crippen LogP contribution in [0.3, 0.4) is 0 Å². The highest BCUT2D eigenvalue weighted by molar-refractivity contribution is 7.90. The summed E-state index contributed by atoms with van der Waals surface area (Å²) in [6.07, 6.45) is 5.29. The molecular formula is C14H23N3O3S. The molecular weight excluding hydrogens is 290 g/mol. The summed E-state index contributed by atoms with van der Waals surface area (Å²) in [5, 5.41) is -0.129. The summed E-state index contributed by atoms with van der Waals surface area (Å²) < 4.78 is 31.5. The van der Waals surface area contributed by atoms with Gasteiger partial charge in [-0.05, 0) is 32.2 Å². The van der Waals surface area contributed by atoms with Crippen LogP contribution in [0.4, 0.5) is 0 Å². The largest absolute Gasteiger partial charge is 0.449 e. The van der Waals surface area contributed by atoms with Gasteiger partial charge in [0.25, 0.3) is 0 Å². The molecule has 0 amide bonds. The first kappa shape index (κ1) is 15.0. The summed E-state index contributed by atoms with van der Waals surface area (Å²) >= 11 is 0. The fourth-order valence-corrected chi connectivity index (χ4v) is 4.78. The van der Waals surface area contributed by atoms with E-state index in [-0.39, 0.29) is 11.3 Å². The van der Waals surface area contributed by atoms with E-state index in [0.29, 0.717) is 5.89 Å². The van der Waals surface area contributed by atoms with Gasteiger partial charge in [0.2, 0.25) is 10.0 Å². The number of aromatic nitrogens is 1. The molecule has 2 fully saturated rings. The zero-order valence-electron chi connectivity index (χ0n) is 12.7. The molecule has 2 aliphatic rings. The van der Waals surface area contributed by atoms with Crippen molar-refractivity contribution in [3.63, 3.8) is 0 Å². The number of likely N-dealkylation sites (tertiary alicyclic amines) is 1. The van der Waals surface area contributed by atoms with Gasteiger partial charge in [-0.25, -0.2) is 17.7 Å². The fraction of sp³-hybridized carbons (Fsp3) is 0.786. The van der Waals surface area contributed by atoms with Crippen molar-refractivity contribution in [2.75, 3.05) is 20.1 Å². The minimum atomic E-state index is -3.09. The minimum absolute atomic E-state index is 0.0809. The number of hydrogen-bond donors (Lipinski definition) is 0. The fourth-order valence-electron chi connectivity index (χ4n) is 2.99. The molecule has 1 aromatic rings. The third-order valence-corrected chi connectivity index (χ3v) is 6.81. The molecule has 6 nitrogen and oxygen atoms in total. The molecule has 1 aliphatic carbocycles. The minimum Gasteiger partial charge on any atom is -0.449 e. The van der Waals surface area contributed by atoms with Gasteiger partial charge in [-0.1, -0.05) is 0 Å². The highest BCUT2D eigenvalue weighted by Gasteiger charge is 2.41. The van der Waals surface area contributed by atoms with E-state index in [2.05, 4.69) is 9.88 Å². The second kappa shape index (κ2) is 5.70. The maximum absolute atomic E-state index is 12.3. The van der Waals surface area contributed by atoms with Crippen LogP contribution in [0.15, 0.2) is 10.7 Å². The van der Waals surface area contributed by atoms with Gasteiger partial charge in [0.1, 0.15) is 6.26 Å². The second-order valence-corrected chi connectivity index (χ2v) is 8.42. The van der Waals surface area contributed by atoms with Gasteiger partial charge < -0.3 is 4.42 Å². The van der Waals surface area contributed by atoms with Crippen LogP contribution in [0.5, 0.6) is 0 Å². The van der Waals surface area contributed by atoms with E-state index in [0.717, 1.165) is 51.0 Å². The molecule has 0 spiro atoms.